The molecule has 6 nitrogen and oxygen atoms in total. The number of carbonyl (C=O) groups is 1. The highest BCUT2D eigenvalue weighted by atomic mass is 16.3. The molecule has 0 bridgehead atoms. The van der Waals surface area contributed by atoms with Crippen LogP contribution < -0.4 is 11.3 Å². The molecule has 0 aliphatic carbocycles. The molecule has 3 rings (SSSR count). The van der Waals surface area contributed by atoms with Crippen molar-refractivity contribution in [2.24, 2.45) is 5.84 Å². The molecule has 0 saturated heterocycles. The van der Waals surface area contributed by atoms with Crippen LogP contribution in [0.25, 0.3) is 22.4 Å². The third-order valence-electron chi connectivity index (χ3n) is 3.87. The molecule has 1 amide bonds. The molecule has 0 spiro atoms. The van der Waals surface area contributed by atoms with Gasteiger partial charge in [0, 0.05) is 12.0 Å². The molecule has 1 aromatic heterocycles. The molecule has 0 radical (unpaired) electrons. The molecule has 0 aliphatic heterocycles. The number of nitrogens with zero attached hydrogens (tertiary/aromatic N) is 1. The van der Waals surface area contributed by atoms with E-state index in [2.05, 4.69) is 15.6 Å². The van der Waals surface area contributed by atoms with Crippen LogP contribution in [0.4, 0.5) is 0 Å². The molecule has 24 heavy (non-hydrogen) atoms. The molecule has 2 aromatic carbocycles. The number of nitrogens with one attached hydrogen (secondary N) is 2. The van der Waals surface area contributed by atoms with Gasteiger partial charge in [0.25, 0.3) is 0 Å². The van der Waals surface area contributed by atoms with Crippen LogP contribution >= 0.6 is 0 Å². The van der Waals surface area contributed by atoms with Crippen LogP contribution in [-0.2, 0) is 11.2 Å². The summed E-state index contributed by atoms with van der Waals surface area (Å²) in [6.07, 6.45) is 2.39. The fourth-order valence-corrected chi connectivity index (χ4v) is 2.61. The van der Waals surface area contributed by atoms with Crippen molar-refractivity contribution in [1.29, 1.82) is 0 Å². The second kappa shape index (κ2) is 6.97. The minimum Gasteiger partial charge on any atom is -0.507 e. The van der Waals surface area contributed by atoms with Crippen molar-refractivity contribution in [3.63, 3.8) is 0 Å². The lowest BCUT2D eigenvalue weighted by Gasteiger charge is -2.08. The van der Waals surface area contributed by atoms with Gasteiger partial charge in [0.1, 0.15) is 5.75 Å². The first kappa shape index (κ1) is 15.8. The van der Waals surface area contributed by atoms with E-state index in [0.717, 1.165) is 16.7 Å². The lowest BCUT2D eigenvalue weighted by Crippen LogP contribution is -2.30. The number of aryl methyl sites for hydroxylation is 1. The van der Waals surface area contributed by atoms with Crippen LogP contribution in [-0.4, -0.2) is 21.2 Å². The van der Waals surface area contributed by atoms with E-state index in [-0.39, 0.29) is 18.1 Å². The number of hydrogen-bond acceptors (Lipinski definition) is 4. The third-order valence-corrected chi connectivity index (χ3v) is 3.87. The van der Waals surface area contributed by atoms with Gasteiger partial charge in [0.2, 0.25) is 5.91 Å². The number of hydrogen-bond donors (Lipinski definition) is 4. The molecule has 0 aliphatic rings. The summed E-state index contributed by atoms with van der Waals surface area (Å²) in [4.78, 5) is 11.3. The first-order valence-corrected chi connectivity index (χ1v) is 7.59. The van der Waals surface area contributed by atoms with Gasteiger partial charge in [-0.1, -0.05) is 36.4 Å². The number of carbonyl (C=O) groups excluding carboxylic acids is 1. The zero-order valence-electron chi connectivity index (χ0n) is 13.0. The van der Waals surface area contributed by atoms with E-state index in [0.29, 0.717) is 17.7 Å². The quantitative estimate of drug-likeness (QED) is 0.329. The number of benzene rings is 2. The van der Waals surface area contributed by atoms with Gasteiger partial charge in [-0.05, 0) is 35.2 Å². The van der Waals surface area contributed by atoms with Gasteiger partial charge < -0.3 is 5.11 Å². The summed E-state index contributed by atoms with van der Waals surface area (Å²) in [7, 11) is 0. The van der Waals surface area contributed by atoms with Crippen LogP contribution in [0, 0.1) is 0 Å². The number of phenolic OH excluding ortho intramolecular Hbond substituents is 1. The largest absolute Gasteiger partial charge is 0.507 e. The van der Waals surface area contributed by atoms with E-state index < -0.39 is 0 Å². The zero-order valence-corrected chi connectivity index (χ0v) is 13.0. The first-order valence-electron chi connectivity index (χ1n) is 7.59. The number of hydrazine groups is 1. The maximum Gasteiger partial charge on any atom is 0.234 e. The van der Waals surface area contributed by atoms with E-state index in [1.807, 2.05) is 42.5 Å². The SMILES string of the molecule is NNC(=O)CCc1cn[nH]c1-c1ccc(-c2ccccc2)cc1O. The number of aromatic hydroxyl groups is 1. The van der Waals surface area contributed by atoms with Crippen LogP contribution in [0.5, 0.6) is 5.75 Å². The number of phenols is 1. The van der Waals surface area contributed by atoms with E-state index in [9.17, 15) is 9.90 Å². The lowest BCUT2D eigenvalue weighted by molar-refractivity contribution is -0.121. The molecule has 0 fully saturated rings. The molecule has 0 unspecified atom stereocenters. The fourth-order valence-electron chi connectivity index (χ4n) is 2.61. The lowest BCUT2D eigenvalue weighted by atomic mass is 9.99. The van der Waals surface area contributed by atoms with Crippen molar-refractivity contribution in [2.45, 2.75) is 12.8 Å². The molecule has 1 heterocycles. The third kappa shape index (κ3) is 3.28. The summed E-state index contributed by atoms with van der Waals surface area (Å²) in [6, 6.07) is 15.3. The maximum absolute atomic E-state index is 11.3. The summed E-state index contributed by atoms with van der Waals surface area (Å²) in [5, 5.41) is 17.3. The first-order chi connectivity index (χ1) is 11.7. The van der Waals surface area contributed by atoms with Gasteiger partial charge in [-0.15, -0.1) is 0 Å². The Kier molecular flexibility index (Phi) is 4.58. The van der Waals surface area contributed by atoms with Crippen molar-refractivity contribution in [2.75, 3.05) is 0 Å². The Balaban J connectivity index is 1.88. The minimum absolute atomic E-state index is 0.158. The Labute approximate surface area is 139 Å². The van der Waals surface area contributed by atoms with E-state index in [1.54, 1.807) is 12.3 Å². The number of H-pyrrole nitrogens is 1. The van der Waals surface area contributed by atoms with Crippen LogP contribution in [0.15, 0.2) is 54.7 Å². The van der Waals surface area contributed by atoms with E-state index in [4.69, 9.17) is 5.84 Å². The number of amides is 1. The predicted octanol–water partition coefficient (Wildman–Crippen LogP) is 2.37. The average molecular weight is 322 g/mol. The Bertz CT molecular complexity index is 843. The fraction of sp³-hybridized carbons (Fsp3) is 0.111. The Morgan fingerprint density at radius 3 is 2.67 bits per heavy atom. The molecule has 5 N–H and O–H groups in total. The Morgan fingerprint density at radius 2 is 1.96 bits per heavy atom. The number of aromatic amines is 1. The van der Waals surface area contributed by atoms with Gasteiger partial charge >= 0.3 is 0 Å². The molecule has 0 atom stereocenters. The second-order valence-corrected chi connectivity index (χ2v) is 5.44. The average Bonchev–Trinajstić information content (AvgIpc) is 3.08. The number of aromatic nitrogens is 2. The van der Waals surface area contributed by atoms with Crippen molar-refractivity contribution in [3.05, 3.63) is 60.3 Å². The number of rotatable bonds is 5. The molecular weight excluding hydrogens is 304 g/mol. The molecule has 6 heteroatoms. The molecule has 3 aromatic rings. The van der Waals surface area contributed by atoms with Crippen molar-refractivity contribution < 1.29 is 9.90 Å². The number of nitrogens with two attached hydrogens (primary N) is 1. The second-order valence-electron chi connectivity index (χ2n) is 5.44. The highest BCUT2D eigenvalue weighted by Crippen LogP contribution is 2.34. The van der Waals surface area contributed by atoms with Gasteiger partial charge in [0.05, 0.1) is 11.9 Å². The summed E-state index contributed by atoms with van der Waals surface area (Å²) in [5.74, 6) is 5.01. The monoisotopic (exact) mass is 322 g/mol. The van der Waals surface area contributed by atoms with Crippen LogP contribution in [0.3, 0.4) is 0 Å². The van der Waals surface area contributed by atoms with E-state index >= 15 is 0 Å². The highest BCUT2D eigenvalue weighted by Gasteiger charge is 2.13. The van der Waals surface area contributed by atoms with Crippen molar-refractivity contribution in [3.8, 4) is 28.1 Å². The van der Waals surface area contributed by atoms with Crippen molar-refractivity contribution >= 4 is 5.91 Å². The topological polar surface area (TPSA) is 104 Å². The summed E-state index contributed by atoms with van der Waals surface area (Å²) in [6.45, 7) is 0. The smallest absolute Gasteiger partial charge is 0.234 e. The van der Waals surface area contributed by atoms with Gasteiger partial charge in [-0.25, -0.2) is 5.84 Å². The van der Waals surface area contributed by atoms with Crippen LogP contribution in [0.1, 0.15) is 12.0 Å². The van der Waals surface area contributed by atoms with Crippen molar-refractivity contribution in [1.82, 2.24) is 15.6 Å². The standard InChI is InChI=1S/C18H18N4O2/c19-21-17(24)9-7-14-11-20-22-18(14)15-8-6-13(10-16(15)23)12-4-2-1-3-5-12/h1-6,8,10-11,23H,7,9,19H2,(H,20,22)(H,21,24). The summed E-state index contributed by atoms with van der Waals surface area (Å²) >= 11 is 0. The Morgan fingerprint density at radius 1 is 1.17 bits per heavy atom. The molecule has 122 valence electrons. The maximum atomic E-state index is 11.3. The van der Waals surface area contributed by atoms with Gasteiger partial charge in [-0.2, -0.15) is 5.10 Å². The van der Waals surface area contributed by atoms with Gasteiger partial charge in [0.15, 0.2) is 0 Å². The minimum atomic E-state index is -0.245. The normalized spacial score (nSPS) is 10.5. The van der Waals surface area contributed by atoms with E-state index in [1.165, 1.54) is 0 Å². The summed E-state index contributed by atoms with van der Waals surface area (Å²) < 4.78 is 0. The molecular formula is C18H18N4O2. The molecule has 0 saturated carbocycles. The summed E-state index contributed by atoms with van der Waals surface area (Å²) in [5.41, 5.74) is 6.27. The van der Waals surface area contributed by atoms with Gasteiger partial charge in [-0.3, -0.25) is 15.3 Å². The predicted molar refractivity (Wildman–Crippen MR) is 91.8 cm³/mol. The zero-order chi connectivity index (χ0) is 16.9. The highest BCUT2D eigenvalue weighted by molar-refractivity contribution is 5.77. The Hall–Kier alpha value is -3.12. The van der Waals surface area contributed by atoms with Crippen LogP contribution in [0.2, 0.25) is 0 Å².